The molecule has 1 aliphatic heterocycles. The Morgan fingerprint density at radius 2 is 2.23 bits per heavy atom. The number of nitro benzene ring substituents is 1. The summed E-state index contributed by atoms with van der Waals surface area (Å²) in [6.07, 6.45) is 1.29. The maximum Gasteiger partial charge on any atom is 0.293 e. The third-order valence-corrected chi connectivity index (χ3v) is 3.03. The second-order valence-corrected chi connectivity index (χ2v) is 4.58. The Morgan fingerprint density at radius 1 is 1.50 bits per heavy atom. The van der Waals surface area contributed by atoms with Crippen LogP contribution in [0.25, 0.3) is 0 Å². The number of benzene rings is 1. The van der Waals surface area contributed by atoms with Crippen molar-refractivity contribution in [2.45, 2.75) is 0 Å². The van der Waals surface area contributed by atoms with Crippen LogP contribution >= 0.6 is 0 Å². The molecule has 1 amide bonds. The number of primary amides is 1. The first-order valence-electron chi connectivity index (χ1n) is 6.62. The van der Waals surface area contributed by atoms with E-state index < -0.39 is 10.8 Å². The monoisotopic (exact) mass is 308 g/mol. The Balaban J connectivity index is 2.15. The number of carbonyl (C=O) groups is 1. The van der Waals surface area contributed by atoms with Crippen molar-refractivity contribution >= 4 is 23.5 Å². The second-order valence-electron chi connectivity index (χ2n) is 4.58. The molecule has 0 aliphatic carbocycles. The number of hydrogen-bond donors (Lipinski definition) is 1. The summed E-state index contributed by atoms with van der Waals surface area (Å²) < 4.78 is 5.24. The fourth-order valence-electron chi connectivity index (χ4n) is 2.04. The van der Waals surface area contributed by atoms with Gasteiger partial charge >= 0.3 is 0 Å². The molecule has 22 heavy (non-hydrogen) atoms. The minimum absolute atomic E-state index is 0.0132. The van der Waals surface area contributed by atoms with E-state index in [0.29, 0.717) is 37.6 Å². The summed E-state index contributed by atoms with van der Waals surface area (Å²) in [7, 11) is 0. The molecule has 118 valence electrons. The van der Waals surface area contributed by atoms with E-state index in [4.69, 9.17) is 10.5 Å². The zero-order valence-electron chi connectivity index (χ0n) is 11.8. The van der Waals surface area contributed by atoms with E-state index in [2.05, 4.69) is 9.99 Å². The number of nitrogens with zero attached hydrogens (tertiary/aromatic N) is 3. The van der Waals surface area contributed by atoms with Gasteiger partial charge in [0.05, 0.1) is 24.4 Å². The molecule has 1 heterocycles. The molecular weight excluding hydrogens is 292 g/mol. The highest BCUT2D eigenvalue weighted by Gasteiger charge is 2.21. The van der Waals surface area contributed by atoms with Gasteiger partial charge in [-0.3, -0.25) is 14.9 Å². The standard InChI is InChI=1S/C13H16N4O5/c14-13(18)9-22-15-8-10-1-2-11(12(7-10)17(19)20)16-3-5-21-6-4-16/h1-2,7-8H,3-6,9H2,(H2,14,18)/b15-8-. The van der Waals surface area contributed by atoms with Crippen LogP contribution in [-0.4, -0.2) is 50.0 Å². The molecule has 0 atom stereocenters. The lowest BCUT2D eigenvalue weighted by Crippen LogP contribution is -2.36. The second kappa shape index (κ2) is 7.36. The number of rotatable bonds is 6. The molecule has 0 bridgehead atoms. The number of nitro groups is 1. The van der Waals surface area contributed by atoms with Gasteiger partial charge < -0.3 is 20.2 Å². The predicted octanol–water partition coefficient (Wildman–Crippen LogP) is 0.267. The van der Waals surface area contributed by atoms with Crippen LogP contribution in [0, 0.1) is 10.1 Å². The average Bonchev–Trinajstić information content (AvgIpc) is 2.52. The Kier molecular flexibility index (Phi) is 5.26. The summed E-state index contributed by atoms with van der Waals surface area (Å²) in [4.78, 5) is 27.9. The summed E-state index contributed by atoms with van der Waals surface area (Å²) in [6, 6.07) is 4.76. The first kappa shape index (κ1) is 15.7. The SMILES string of the molecule is NC(=O)CO/N=C\c1ccc(N2CCOCC2)c([N+](=O)[O-])c1. The van der Waals surface area contributed by atoms with E-state index in [9.17, 15) is 14.9 Å². The van der Waals surface area contributed by atoms with E-state index in [-0.39, 0.29) is 12.3 Å². The minimum Gasteiger partial charge on any atom is -0.386 e. The molecule has 2 N–H and O–H groups in total. The molecule has 2 rings (SSSR count). The van der Waals surface area contributed by atoms with Gasteiger partial charge in [-0.05, 0) is 6.07 Å². The molecule has 1 fully saturated rings. The summed E-state index contributed by atoms with van der Waals surface area (Å²) in [5.74, 6) is -0.647. The lowest BCUT2D eigenvalue weighted by atomic mass is 10.1. The number of anilines is 1. The zero-order chi connectivity index (χ0) is 15.9. The molecule has 0 unspecified atom stereocenters. The van der Waals surface area contributed by atoms with Crippen molar-refractivity contribution in [2.75, 3.05) is 37.8 Å². The third kappa shape index (κ3) is 4.16. The van der Waals surface area contributed by atoms with Crippen LogP contribution in [0.1, 0.15) is 5.56 Å². The van der Waals surface area contributed by atoms with Crippen LogP contribution < -0.4 is 10.6 Å². The highest BCUT2D eigenvalue weighted by atomic mass is 16.6. The van der Waals surface area contributed by atoms with Crippen molar-refractivity contribution in [1.82, 2.24) is 0 Å². The van der Waals surface area contributed by atoms with Crippen molar-refractivity contribution in [3.63, 3.8) is 0 Å². The first-order valence-corrected chi connectivity index (χ1v) is 6.62. The number of carbonyl (C=O) groups excluding carboxylic acids is 1. The smallest absolute Gasteiger partial charge is 0.293 e. The van der Waals surface area contributed by atoms with Gasteiger partial charge in [0.15, 0.2) is 6.61 Å². The summed E-state index contributed by atoms with van der Waals surface area (Å²) in [5.41, 5.74) is 5.92. The summed E-state index contributed by atoms with van der Waals surface area (Å²) in [5, 5.41) is 14.8. The van der Waals surface area contributed by atoms with Gasteiger partial charge in [-0.2, -0.15) is 0 Å². The lowest BCUT2D eigenvalue weighted by Gasteiger charge is -2.28. The van der Waals surface area contributed by atoms with E-state index in [1.54, 1.807) is 12.1 Å². The van der Waals surface area contributed by atoms with Gasteiger partial charge in [0.25, 0.3) is 11.6 Å². The minimum atomic E-state index is -0.647. The van der Waals surface area contributed by atoms with Crippen LogP contribution in [-0.2, 0) is 14.4 Å². The van der Waals surface area contributed by atoms with Crippen LogP contribution in [0.3, 0.4) is 0 Å². The maximum absolute atomic E-state index is 11.2. The van der Waals surface area contributed by atoms with Gasteiger partial charge in [0.2, 0.25) is 0 Å². The van der Waals surface area contributed by atoms with Crippen molar-refractivity contribution in [3.8, 4) is 0 Å². The van der Waals surface area contributed by atoms with Gasteiger partial charge in [-0.1, -0.05) is 11.2 Å². The highest BCUT2D eigenvalue weighted by Crippen LogP contribution is 2.29. The van der Waals surface area contributed by atoms with E-state index in [0.717, 1.165) is 0 Å². The van der Waals surface area contributed by atoms with Crippen LogP contribution in [0.15, 0.2) is 23.4 Å². The quantitative estimate of drug-likeness (QED) is 0.457. The van der Waals surface area contributed by atoms with Crippen molar-refractivity contribution in [1.29, 1.82) is 0 Å². The van der Waals surface area contributed by atoms with E-state index >= 15 is 0 Å². The molecular formula is C13H16N4O5. The fraction of sp³-hybridized carbons (Fsp3) is 0.385. The number of ether oxygens (including phenoxy) is 1. The molecule has 1 aliphatic rings. The normalized spacial score (nSPS) is 15.0. The van der Waals surface area contributed by atoms with Crippen LogP contribution in [0.2, 0.25) is 0 Å². The number of amides is 1. The van der Waals surface area contributed by atoms with Crippen molar-refractivity contribution < 1.29 is 19.3 Å². The zero-order valence-corrected chi connectivity index (χ0v) is 11.8. The predicted molar refractivity (Wildman–Crippen MR) is 78.9 cm³/mol. The average molecular weight is 308 g/mol. The van der Waals surface area contributed by atoms with E-state index in [1.165, 1.54) is 12.3 Å². The number of morpholine rings is 1. The molecule has 1 aromatic rings. The molecule has 1 saturated heterocycles. The topological polar surface area (TPSA) is 120 Å². The fourth-order valence-corrected chi connectivity index (χ4v) is 2.04. The first-order chi connectivity index (χ1) is 10.6. The molecule has 9 heteroatoms. The Hall–Kier alpha value is -2.68. The van der Waals surface area contributed by atoms with Gasteiger partial charge in [-0.25, -0.2) is 0 Å². The van der Waals surface area contributed by atoms with Gasteiger partial charge in [0.1, 0.15) is 5.69 Å². The molecule has 9 nitrogen and oxygen atoms in total. The van der Waals surface area contributed by atoms with Crippen LogP contribution in [0.4, 0.5) is 11.4 Å². The maximum atomic E-state index is 11.2. The molecule has 0 radical (unpaired) electrons. The summed E-state index contributed by atoms with van der Waals surface area (Å²) in [6.45, 7) is 1.96. The lowest BCUT2D eigenvalue weighted by molar-refractivity contribution is -0.384. The van der Waals surface area contributed by atoms with Gasteiger partial charge in [-0.15, -0.1) is 0 Å². The molecule has 1 aromatic carbocycles. The van der Waals surface area contributed by atoms with Crippen molar-refractivity contribution in [3.05, 3.63) is 33.9 Å². The van der Waals surface area contributed by atoms with Crippen LogP contribution in [0.5, 0.6) is 0 Å². The van der Waals surface area contributed by atoms with Gasteiger partial charge in [0, 0.05) is 24.7 Å². The number of hydrogen-bond acceptors (Lipinski definition) is 7. The third-order valence-electron chi connectivity index (χ3n) is 3.03. The Morgan fingerprint density at radius 3 is 2.86 bits per heavy atom. The Bertz CT molecular complexity index is 584. The highest BCUT2D eigenvalue weighted by molar-refractivity contribution is 5.83. The molecule has 0 saturated carbocycles. The van der Waals surface area contributed by atoms with Crippen molar-refractivity contribution in [2.24, 2.45) is 10.9 Å². The number of oxime groups is 1. The number of nitrogens with two attached hydrogens (primary N) is 1. The largest absolute Gasteiger partial charge is 0.386 e. The molecule has 0 spiro atoms. The Labute approximate surface area is 126 Å². The molecule has 0 aromatic heterocycles. The summed E-state index contributed by atoms with van der Waals surface area (Å²) >= 11 is 0. The van der Waals surface area contributed by atoms with E-state index in [1.807, 2.05) is 4.90 Å².